The smallest absolute Gasteiger partial charge is 0.397 e. The van der Waals surface area contributed by atoms with Crippen LogP contribution in [-0.2, 0) is 6.18 Å². The molecule has 0 saturated heterocycles. The largest absolute Gasteiger partial charge is 0.418 e. The van der Waals surface area contributed by atoms with Crippen LogP contribution in [-0.4, -0.2) is 0 Å². The molecule has 112 valence electrons. The summed E-state index contributed by atoms with van der Waals surface area (Å²) in [5.74, 6) is -0.603. The van der Waals surface area contributed by atoms with Crippen LogP contribution in [0.5, 0.6) is 0 Å². The lowest BCUT2D eigenvalue weighted by atomic mass is 10.1. The fourth-order valence-corrected chi connectivity index (χ4v) is 2.24. The number of anilines is 3. The summed E-state index contributed by atoms with van der Waals surface area (Å²) >= 11 is 8.97. The molecule has 0 aliphatic heterocycles. The fraction of sp³-hybridized carbons (Fsp3) is 0.0769. The molecule has 0 spiro atoms. The average Bonchev–Trinajstić information content (AvgIpc) is 2.38. The van der Waals surface area contributed by atoms with Gasteiger partial charge in [-0.15, -0.1) is 0 Å². The number of nitrogens with one attached hydrogen (secondary N) is 1. The Balaban J connectivity index is 2.57. The topological polar surface area (TPSA) is 38.0 Å². The normalized spacial score (nSPS) is 11.5. The van der Waals surface area contributed by atoms with Gasteiger partial charge in [0, 0.05) is 4.47 Å². The summed E-state index contributed by atoms with van der Waals surface area (Å²) in [6.45, 7) is 0. The van der Waals surface area contributed by atoms with E-state index in [2.05, 4.69) is 21.2 Å². The van der Waals surface area contributed by atoms with Crippen LogP contribution in [0.1, 0.15) is 5.56 Å². The summed E-state index contributed by atoms with van der Waals surface area (Å²) in [6, 6.07) is 5.46. The van der Waals surface area contributed by atoms with E-state index in [9.17, 15) is 17.6 Å². The first-order chi connectivity index (χ1) is 9.70. The summed E-state index contributed by atoms with van der Waals surface area (Å²) in [5, 5.41) is 2.20. The van der Waals surface area contributed by atoms with Crippen molar-refractivity contribution in [1.29, 1.82) is 0 Å². The van der Waals surface area contributed by atoms with Gasteiger partial charge in [0.15, 0.2) is 0 Å². The Labute approximate surface area is 131 Å². The molecular formula is C13H8BrClF4N2. The lowest BCUT2D eigenvalue weighted by Crippen LogP contribution is -2.10. The molecule has 2 aromatic carbocycles. The van der Waals surface area contributed by atoms with Gasteiger partial charge in [-0.2, -0.15) is 13.2 Å². The Morgan fingerprint density at radius 2 is 1.81 bits per heavy atom. The first kappa shape index (κ1) is 15.9. The molecule has 2 rings (SSSR count). The number of hydrogen-bond donors (Lipinski definition) is 2. The molecule has 0 unspecified atom stereocenters. The van der Waals surface area contributed by atoms with E-state index in [4.69, 9.17) is 17.3 Å². The predicted octanol–water partition coefficient (Wildman–Crippen LogP) is 5.59. The van der Waals surface area contributed by atoms with Gasteiger partial charge in [0.25, 0.3) is 0 Å². The van der Waals surface area contributed by atoms with Crippen molar-refractivity contribution in [1.82, 2.24) is 0 Å². The Kier molecular flexibility index (Phi) is 4.34. The fourth-order valence-electron chi connectivity index (χ4n) is 1.68. The highest BCUT2D eigenvalue weighted by atomic mass is 79.9. The van der Waals surface area contributed by atoms with Crippen LogP contribution in [0.2, 0.25) is 5.02 Å². The number of alkyl halides is 3. The predicted molar refractivity (Wildman–Crippen MR) is 78.2 cm³/mol. The van der Waals surface area contributed by atoms with Crippen LogP contribution in [0.3, 0.4) is 0 Å². The average molecular weight is 384 g/mol. The first-order valence-corrected chi connectivity index (χ1v) is 6.74. The highest BCUT2D eigenvalue weighted by molar-refractivity contribution is 9.10. The van der Waals surface area contributed by atoms with Crippen molar-refractivity contribution in [2.75, 3.05) is 11.1 Å². The molecule has 8 heteroatoms. The number of rotatable bonds is 2. The summed E-state index contributed by atoms with van der Waals surface area (Å²) in [7, 11) is 0. The SMILES string of the molecule is Nc1ccc(C(F)(F)F)c(Nc2cc(F)ccc2Br)c1Cl. The molecule has 0 aliphatic carbocycles. The second-order valence-corrected chi connectivity index (χ2v) is 5.37. The number of nitrogen functional groups attached to an aromatic ring is 1. The van der Waals surface area contributed by atoms with Crippen molar-refractivity contribution >= 4 is 44.6 Å². The quantitative estimate of drug-likeness (QED) is 0.524. The summed E-state index contributed by atoms with van der Waals surface area (Å²) in [5.41, 5.74) is 4.21. The van der Waals surface area contributed by atoms with E-state index in [0.29, 0.717) is 4.47 Å². The minimum absolute atomic E-state index is 0.0142. The van der Waals surface area contributed by atoms with Crippen LogP contribution >= 0.6 is 27.5 Å². The Morgan fingerprint density at radius 1 is 1.14 bits per heavy atom. The molecule has 3 N–H and O–H groups in total. The monoisotopic (exact) mass is 382 g/mol. The lowest BCUT2D eigenvalue weighted by molar-refractivity contribution is -0.136. The zero-order chi connectivity index (χ0) is 15.8. The lowest BCUT2D eigenvalue weighted by Gasteiger charge is -2.18. The van der Waals surface area contributed by atoms with Gasteiger partial charge in [-0.1, -0.05) is 11.6 Å². The Bertz CT molecular complexity index is 689. The van der Waals surface area contributed by atoms with E-state index in [1.165, 1.54) is 12.1 Å². The highest BCUT2D eigenvalue weighted by Crippen LogP contribution is 2.43. The van der Waals surface area contributed by atoms with Crippen molar-refractivity contribution in [2.45, 2.75) is 6.18 Å². The van der Waals surface area contributed by atoms with Gasteiger partial charge in [0.1, 0.15) is 5.82 Å². The van der Waals surface area contributed by atoms with Crippen LogP contribution in [0, 0.1) is 5.82 Å². The Morgan fingerprint density at radius 3 is 2.43 bits per heavy atom. The summed E-state index contributed by atoms with van der Waals surface area (Å²) < 4.78 is 52.7. The summed E-state index contributed by atoms with van der Waals surface area (Å²) in [4.78, 5) is 0. The van der Waals surface area contributed by atoms with Gasteiger partial charge in [0.2, 0.25) is 0 Å². The molecule has 0 fully saturated rings. The number of nitrogens with two attached hydrogens (primary N) is 1. The zero-order valence-electron chi connectivity index (χ0n) is 10.2. The van der Waals surface area contributed by atoms with Crippen LogP contribution in [0.4, 0.5) is 34.6 Å². The van der Waals surface area contributed by atoms with E-state index in [1.807, 2.05) is 0 Å². The zero-order valence-corrected chi connectivity index (χ0v) is 12.6. The van der Waals surface area contributed by atoms with Crippen molar-refractivity contribution in [3.05, 3.63) is 51.2 Å². The minimum atomic E-state index is -4.63. The number of halogens is 6. The van der Waals surface area contributed by atoms with Crippen LogP contribution in [0.15, 0.2) is 34.8 Å². The van der Waals surface area contributed by atoms with Crippen molar-refractivity contribution < 1.29 is 17.6 Å². The molecule has 0 aromatic heterocycles. The maximum Gasteiger partial charge on any atom is 0.418 e. The highest BCUT2D eigenvalue weighted by Gasteiger charge is 2.35. The van der Waals surface area contributed by atoms with Crippen molar-refractivity contribution in [3.8, 4) is 0 Å². The van der Waals surface area contributed by atoms with E-state index in [1.54, 1.807) is 0 Å². The third kappa shape index (κ3) is 3.41. The maximum absolute atomic E-state index is 13.2. The molecule has 0 saturated carbocycles. The van der Waals surface area contributed by atoms with Crippen LogP contribution in [0.25, 0.3) is 0 Å². The third-order valence-electron chi connectivity index (χ3n) is 2.67. The molecule has 2 aromatic rings. The molecule has 0 heterocycles. The third-order valence-corrected chi connectivity index (χ3v) is 3.76. The van der Waals surface area contributed by atoms with Crippen LogP contribution < -0.4 is 11.1 Å². The van der Waals surface area contributed by atoms with Gasteiger partial charge in [-0.25, -0.2) is 4.39 Å². The molecule has 21 heavy (non-hydrogen) atoms. The first-order valence-electron chi connectivity index (χ1n) is 5.57. The minimum Gasteiger partial charge on any atom is -0.397 e. The van der Waals surface area contributed by atoms with Crippen molar-refractivity contribution in [3.63, 3.8) is 0 Å². The van der Waals surface area contributed by atoms with E-state index in [-0.39, 0.29) is 16.4 Å². The van der Waals surface area contributed by atoms with E-state index in [0.717, 1.165) is 18.2 Å². The van der Waals surface area contributed by atoms with Gasteiger partial charge < -0.3 is 11.1 Å². The standard InChI is InChI=1S/C13H8BrClF4N2/c14-8-3-1-6(16)5-10(8)21-12-7(13(17,18)19)2-4-9(20)11(12)15/h1-5,21H,20H2. The van der Waals surface area contributed by atoms with Crippen molar-refractivity contribution in [2.24, 2.45) is 0 Å². The van der Waals surface area contributed by atoms with Gasteiger partial charge in [-0.3, -0.25) is 0 Å². The number of benzene rings is 2. The maximum atomic E-state index is 13.2. The van der Waals surface area contributed by atoms with E-state index < -0.39 is 23.2 Å². The molecule has 0 bridgehead atoms. The number of hydrogen-bond acceptors (Lipinski definition) is 2. The van der Waals surface area contributed by atoms with Gasteiger partial charge in [-0.05, 0) is 46.3 Å². The van der Waals surface area contributed by atoms with E-state index >= 15 is 0 Å². The molecule has 0 aliphatic rings. The Hall–Kier alpha value is -1.47. The molecule has 0 amide bonds. The van der Waals surface area contributed by atoms with Gasteiger partial charge >= 0.3 is 6.18 Å². The molecular weight excluding hydrogens is 376 g/mol. The second kappa shape index (κ2) is 5.73. The molecule has 0 atom stereocenters. The molecule has 0 radical (unpaired) electrons. The second-order valence-electron chi connectivity index (χ2n) is 4.14. The molecule has 2 nitrogen and oxygen atoms in total. The van der Waals surface area contributed by atoms with Gasteiger partial charge in [0.05, 0.1) is 27.6 Å². The summed E-state index contributed by atoms with van der Waals surface area (Å²) in [6.07, 6.45) is -4.63.